The van der Waals surface area contributed by atoms with Gasteiger partial charge in [0.2, 0.25) is 0 Å². The van der Waals surface area contributed by atoms with E-state index >= 15 is 0 Å². The van der Waals surface area contributed by atoms with E-state index in [4.69, 9.17) is 0 Å². The van der Waals surface area contributed by atoms with Crippen molar-refractivity contribution in [2.24, 2.45) is 11.8 Å². The fourth-order valence-corrected chi connectivity index (χ4v) is 1.99. The topological polar surface area (TPSA) is 0 Å². The zero-order valence-corrected chi connectivity index (χ0v) is 8.62. The van der Waals surface area contributed by atoms with Crippen LogP contribution in [0.5, 0.6) is 0 Å². The highest BCUT2D eigenvalue weighted by Crippen LogP contribution is 2.34. The van der Waals surface area contributed by atoms with Crippen LogP contribution in [-0.2, 0) is 0 Å². The van der Waals surface area contributed by atoms with Gasteiger partial charge in [0.25, 0.3) is 0 Å². The van der Waals surface area contributed by atoms with Crippen molar-refractivity contribution >= 4 is 12.6 Å². The highest BCUT2D eigenvalue weighted by atomic mass is 32.1. The first kappa shape index (κ1) is 9.18. The van der Waals surface area contributed by atoms with Gasteiger partial charge in [-0.15, -0.1) is 12.6 Å². The van der Waals surface area contributed by atoms with Crippen LogP contribution < -0.4 is 0 Å². The molecule has 11 heavy (non-hydrogen) atoms. The van der Waals surface area contributed by atoms with Crippen molar-refractivity contribution in [2.45, 2.75) is 40.0 Å². The third-order valence-electron chi connectivity index (χ3n) is 2.78. The van der Waals surface area contributed by atoms with E-state index in [0.717, 1.165) is 11.8 Å². The van der Waals surface area contributed by atoms with Crippen LogP contribution in [-0.4, -0.2) is 0 Å². The monoisotopic (exact) mass is 170 g/mol. The molecule has 0 saturated heterocycles. The molecule has 0 spiro atoms. The first-order valence-corrected chi connectivity index (χ1v) is 4.93. The number of rotatable bonds is 1. The smallest absolute Gasteiger partial charge is 0.0191 e. The Kier molecular flexibility index (Phi) is 3.06. The van der Waals surface area contributed by atoms with E-state index in [9.17, 15) is 0 Å². The van der Waals surface area contributed by atoms with Crippen molar-refractivity contribution in [3.8, 4) is 0 Å². The standard InChI is InChI=1S/C10H18S/c1-7(2)9-5-4-8(3)10(11)6-9/h7,9,11H,4-6H2,1-3H3. The second-order valence-corrected chi connectivity index (χ2v) is 4.51. The van der Waals surface area contributed by atoms with Gasteiger partial charge < -0.3 is 0 Å². The molecular formula is C10H18S. The lowest BCUT2D eigenvalue weighted by molar-refractivity contribution is 0.348. The Balaban J connectivity index is 2.57. The van der Waals surface area contributed by atoms with Gasteiger partial charge in [-0.2, -0.15) is 0 Å². The molecule has 0 N–H and O–H groups in total. The largest absolute Gasteiger partial charge is 0.148 e. The summed E-state index contributed by atoms with van der Waals surface area (Å²) in [5, 5.41) is 0. The van der Waals surface area contributed by atoms with Gasteiger partial charge in [-0.3, -0.25) is 0 Å². The summed E-state index contributed by atoms with van der Waals surface area (Å²) >= 11 is 4.49. The van der Waals surface area contributed by atoms with E-state index in [-0.39, 0.29) is 0 Å². The SMILES string of the molecule is CC1=C(S)CC(C(C)C)CC1. The number of thiol groups is 1. The van der Waals surface area contributed by atoms with E-state index in [0.29, 0.717) is 0 Å². The molecule has 0 aliphatic heterocycles. The molecule has 1 heteroatoms. The highest BCUT2D eigenvalue weighted by molar-refractivity contribution is 7.84. The molecule has 0 nitrogen and oxygen atoms in total. The molecule has 0 heterocycles. The Labute approximate surface area is 75.5 Å². The summed E-state index contributed by atoms with van der Waals surface area (Å²) in [7, 11) is 0. The van der Waals surface area contributed by atoms with E-state index in [2.05, 4.69) is 33.4 Å². The third kappa shape index (κ3) is 2.26. The van der Waals surface area contributed by atoms with Gasteiger partial charge in [-0.25, -0.2) is 0 Å². The number of hydrogen-bond donors (Lipinski definition) is 1. The minimum absolute atomic E-state index is 0.824. The lowest BCUT2D eigenvalue weighted by Gasteiger charge is -2.26. The Bertz CT molecular complexity index is 168. The zero-order chi connectivity index (χ0) is 8.43. The summed E-state index contributed by atoms with van der Waals surface area (Å²) in [6, 6.07) is 0. The average molecular weight is 170 g/mol. The first-order chi connectivity index (χ1) is 5.11. The fourth-order valence-electron chi connectivity index (χ4n) is 1.64. The summed E-state index contributed by atoms with van der Waals surface area (Å²) in [6.45, 7) is 6.83. The Morgan fingerprint density at radius 2 is 2.09 bits per heavy atom. The zero-order valence-electron chi connectivity index (χ0n) is 7.72. The molecule has 0 radical (unpaired) electrons. The maximum atomic E-state index is 4.49. The Morgan fingerprint density at radius 1 is 1.45 bits per heavy atom. The lowest BCUT2D eigenvalue weighted by Crippen LogP contribution is -2.13. The molecule has 0 saturated carbocycles. The average Bonchev–Trinajstić information content (AvgIpc) is 1.94. The van der Waals surface area contributed by atoms with Crippen LogP contribution >= 0.6 is 12.6 Å². The summed E-state index contributed by atoms with van der Waals surface area (Å²) in [6.07, 6.45) is 3.85. The van der Waals surface area contributed by atoms with E-state index < -0.39 is 0 Å². The maximum Gasteiger partial charge on any atom is -0.0191 e. The molecular weight excluding hydrogens is 152 g/mol. The van der Waals surface area contributed by atoms with Crippen LogP contribution in [0.4, 0.5) is 0 Å². The van der Waals surface area contributed by atoms with Crippen molar-refractivity contribution in [2.75, 3.05) is 0 Å². The van der Waals surface area contributed by atoms with Gasteiger partial charge in [0.05, 0.1) is 0 Å². The van der Waals surface area contributed by atoms with Crippen LogP contribution in [0.2, 0.25) is 0 Å². The van der Waals surface area contributed by atoms with Crippen molar-refractivity contribution < 1.29 is 0 Å². The van der Waals surface area contributed by atoms with Gasteiger partial charge in [0, 0.05) is 0 Å². The van der Waals surface area contributed by atoms with Crippen LogP contribution in [0.25, 0.3) is 0 Å². The number of allylic oxidation sites excluding steroid dienone is 2. The summed E-state index contributed by atoms with van der Waals surface area (Å²) < 4.78 is 0. The fraction of sp³-hybridized carbons (Fsp3) is 0.800. The highest BCUT2D eigenvalue weighted by Gasteiger charge is 2.19. The lowest BCUT2D eigenvalue weighted by atomic mass is 9.82. The molecule has 1 unspecified atom stereocenters. The van der Waals surface area contributed by atoms with Gasteiger partial charge in [-0.1, -0.05) is 19.4 Å². The first-order valence-electron chi connectivity index (χ1n) is 4.49. The van der Waals surface area contributed by atoms with Crippen LogP contribution in [0, 0.1) is 11.8 Å². The molecule has 64 valence electrons. The maximum absolute atomic E-state index is 4.49. The van der Waals surface area contributed by atoms with Gasteiger partial charge in [0.15, 0.2) is 0 Å². The molecule has 0 aromatic rings. The van der Waals surface area contributed by atoms with Crippen molar-refractivity contribution in [1.29, 1.82) is 0 Å². The van der Waals surface area contributed by atoms with Crippen molar-refractivity contribution in [1.82, 2.24) is 0 Å². The quantitative estimate of drug-likeness (QED) is 0.571. The predicted molar refractivity (Wildman–Crippen MR) is 53.9 cm³/mol. The second kappa shape index (κ2) is 3.66. The molecule has 0 bridgehead atoms. The molecule has 1 rings (SSSR count). The molecule has 1 atom stereocenters. The molecule has 0 fully saturated rings. The predicted octanol–water partition coefficient (Wildman–Crippen LogP) is 3.65. The van der Waals surface area contributed by atoms with Crippen molar-refractivity contribution in [3.63, 3.8) is 0 Å². The summed E-state index contributed by atoms with van der Waals surface area (Å²) in [5.41, 5.74) is 1.50. The Hall–Kier alpha value is 0.0900. The van der Waals surface area contributed by atoms with E-state index in [1.807, 2.05) is 0 Å². The van der Waals surface area contributed by atoms with E-state index in [1.165, 1.54) is 29.7 Å². The van der Waals surface area contributed by atoms with Gasteiger partial charge in [0.1, 0.15) is 0 Å². The van der Waals surface area contributed by atoms with Gasteiger partial charge >= 0.3 is 0 Å². The molecule has 0 aromatic carbocycles. The Morgan fingerprint density at radius 3 is 2.55 bits per heavy atom. The molecule has 0 amide bonds. The van der Waals surface area contributed by atoms with Crippen LogP contribution in [0.3, 0.4) is 0 Å². The second-order valence-electron chi connectivity index (χ2n) is 3.97. The molecule has 0 aromatic heterocycles. The summed E-state index contributed by atoms with van der Waals surface area (Å²) in [5.74, 6) is 1.71. The molecule has 1 aliphatic rings. The minimum Gasteiger partial charge on any atom is -0.148 e. The number of hydrogen-bond acceptors (Lipinski definition) is 1. The molecule has 1 aliphatic carbocycles. The normalized spacial score (nSPS) is 26.5. The van der Waals surface area contributed by atoms with E-state index in [1.54, 1.807) is 0 Å². The third-order valence-corrected chi connectivity index (χ3v) is 3.35. The van der Waals surface area contributed by atoms with Gasteiger partial charge in [-0.05, 0) is 42.9 Å². The minimum atomic E-state index is 0.824. The van der Waals surface area contributed by atoms with Crippen LogP contribution in [0.15, 0.2) is 10.5 Å². The summed E-state index contributed by atoms with van der Waals surface area (Å²) in [4.78, 5) is 1.34. The van der Waals surface area contributed by atoms with Crippen LogP contribution in [0.1, 0.15) is 40.0 Å². The van der Waals surface area contributed by atoms with Crippen molar-refractivity contribution in [3.05, 3.63) is 10.5 Å².